The first kappa shape index (κ1) is 19.7. The van der Waals surface area contributed by atoms with Gasteiger partial charge in [0.2, 0.25) is 0 Å². The summed E-state index contributed by atoms with van der Waals surface area (Å²) in [7, 11) is 0. The average molecular weight is 436 g/mol. The Morgan fingerprint density at radius 1 is 1.27 bits per heavy atom. The van der Waals surface area contributed by atoms with Gasteiger partial charge in [0, 0.05) is 31.1 Å². The molecule has 1 aliphatic rings. The van der Waals surface area contributed by atoms with Gasteiger partial charge in [0.15, 0.2) is 5.96 Å². The Hall–Kier alpha value is -0.340. The number of likely N-dealkylation sites (tertiary alicyclic amines) is 1. The van der Waals surface area contributed by atoms with E-state index in [9.17, 15) is 0 Å². The van der Waals surface area contributed by atoms with Crippen LogP contribution in [0.15, 0.2) is 22.5 Å². The fourth-order valence-corrected chi connectivity index (χ4v) is 3.43. The van der Waals surface area contributed by atoms with Crippen molar-refractivity contribution in [1.29, 1.82) is 0 Å². The van der Waals surface area contributed by atoms with Crippen LogP contribution < -0.4 is 10.6 Å². The zero-order chi connectivity index (χ0) is 14.9. The number of nitrogens with one attached hydrogen (secondary N) is 2. The van der Waals surface area contributed by atoms with E-state index in [0.29, 0.717) is 0 Å². The lowest BCUT2D eigenvalue weighted by atomic mass is 9.97. The van der Waals surface area contributed by atoms with Crippen LogP contribution in [-0.2, 0) is 6.54 Å². The van der Waals surface area contributed by atoms with E-state index in [-0.39, 0.29) is 24.0 Å². The van der Waals surface area contributed by atoms with Crippen molar-refractivity contribution in [2.45, 2.75) is 33.2 Å². The van der Waals surface area contributed by atoms with Gasteiger partial charge in [-0.05, 0) is 57.1 Å². The van der Waals surface area contributed by atoms with Crippen LogP contribution in [0.3, 0.4) is 0 Å². The summed E-state index contributed by atoms with van der Waals surface area (Å²) in [6.45, 7) is 10.5. The smallest absolute Gasteiger partial charge is 0.191 e. The Balaban J connectivity index is 0.00000242. The van der Waals surface area contributed by atoms with Crippen molar-refractivity contribution in [2.75, 3.05) is 32.7 Å². The Kier molecular flexibility index (Phi) is 10.1. The van der Waals surface area contributed by atoms with E-state index in [4.69, 9.17) is 4.99 Å². The molecule has 0 amide bonds. The number of halogens is 1. The van der Waals surface area contributed by atoms with E-state index in [2.05, 4.69) is 46.9 Å². The molecule has 1 aromatic heterocycles. The number of nitrogens with zero attached hydrogens (tertiary/aromatic N) is 2. The first-order chi connectivity index (χ1) is 10.3. The highest BCUT2D eigenvalue weighted by Gasteiger charge is 2.19. The number of hydrogen-bond acceptors (Lipinski definition) is 3. The highest BCUT2D eigenvalue weighted by atomic mass is 127. The molecule has 1 saturated heterocycles. The second-order valence-electron chi connectivity index (χ2n) is 5.55. The van der Waals surface area contributed by atoms with Crippen LogP contribution in [0.1, 0.15) is 31.6 Å². The molecule has 4 nitrogen and oxygen atoms in total. The molecular formula is C16H29IN4S. The Bertz CT molecular complexity index is 406. The molecule has 0 atom stereocenters. The van der Waals surface area contributed by atoms with Crippen LogP contribution in [0.2, 0.25) is 0 Å². The third-order valence-corrected chi connectivity index (χ3v) is 4.72. The zero-order valence-corrected chi connectivity index (χ0v) is 16.8. The minimum Gasteiger partial charge on any atom is -0.357 e. The van der Waals surface area contributed by atoms with Gasteiger partial charge in [0.05, 0.1) is 0 Å². The number of thiophene rings is 1. The minimum absolute atomic E-state index is 0. The molecular weight excluding hydrogens is 407 g/mol. The summed E-state index contributed by atoms with van der Waals surface area (Å²) in [6.07, 6.45) is 2.53. The van der Waals surface area contributed by atoms with Crippen molar-refractivity contribution in [1.82, 2.24) is 15.5 Å². The van der Waals surface area contributed by atoms with Gasteiger partial charge >= 0.3 is 0 Å². The van der Waals surface area contributed by atoms with Crippen LogP contribution in [0.5, 0.6) is 0 Å². The van der Waals surface area contributed by atoms with Crippen molar-refractivity contribution < 1.29 is 0 Å². The Morgan fingerprint density at radius 3 is 2.50 bits per heavy atom. The van der Waals surface area contributed by atoms with Gasteiger partial charge in [-0.1, -0.05) is 6.07 Å². The molecule has 2 heterocycles. The highest BCUT2D eigenvalue weighted by molar-refractivity contribution is 14.0. The summed E-state index contributed by atoms with van der Waals surface area (Å²) < 4.78 is 0. The largest absolute Gasteiger partial charge is 0.357 e. The van der Waals surface area contributed by atoms with Gasteiger partial charge in [0.25, 0.3) is 0 Å². The maximum Gasteiger partial charge on any atom is 0.191 e. The first-order valence-corrected chi connectivity index (χ1v) is 8.96. The fourth-order valence-electron chi connectivity index (χ4n) is 2.68. The van der Waals surface area contributed by atoms with Gasteiger partial charge in [-0.15, -0.1) is 35.3 Å². The predicted molar refractivity (Wildman–Crippen MR) is 107 cm³/mol. The minimum atomic E-state index is 0. The molecule has 1 fully saturated rings. The summed E-state index contributed by atoms with van der Waals surface area (Å²) in [5, 5.41) is 8.75. The molecule has 0 radical (unpaired) electrons. The Morgan fingerprint density at radius 2 is 1.95 bits per heavy atom. The monoisotopic (exact) mass is 436 g/mol. The molecule has 126 valence electrons. The van der Waals surface area contributed by atoms with Crippen LogP contribution in [0, 0.1) is 5.92 Å². The molecule has 0 spiro atoms. The van der Waals surface area contributed by atoms with E-state index < -0.39 is 0 Å². The summed E-state index contributed by atoms with van der Waals surface area (Å²) in [4.78, 5) is 8.76. The standard InChI is InChI=1S/C16H28N4S.HI/c1-3-17-16(18-4-2)19-12-14-7-9-20(10-8-14)13-15-6-5-11-21-15;/h5-6,11,14H,3-4,7-10,12-13H2,1-2H3,(H2,17,18,19);1H. The molecule has 22 heavy (non-hydrogen) atoms. The molecule has 1 aromatic rings. The molecule has 2 N–H and O–H groups in total. The van der Waals surface area contributed by atoms with E-state index in [1.54, 1.807) is 0 Å². The normalized spacial score (nSPS) is 15.9. The molecule has 0 unspecified atom stereocenters. The van der Waals surface area contributed by atoms with Gasteiger partial charge in [-0.25, -0.2) is 0 Å². The summed E-state index contributed by atoms with van der Waals surface area (Å²) in [5.41, 5.74) is 0. The SMILES string of the molecule is CCNC(=NCC1CCN(Cc2cccs2)CC1)NCC.I. The molecule has 1 aliphatic heterocycles. The quantitative estimate of drug-likeness (QED) is 0.409. The first-order valence-electron chi connectivity index (χ1n) is 8.08. The van der Waals surface area contributed by atoms with Crippen molar-refractivity contribution in [3.8, 4) is 0 Å². The topological polar surface area (TPSA) is 39.7 Å². The second kappa shape index (κ2) is 11.2. The number of rotatable bonds is 6. The van der Waals surface area contributed by atoms with E-state index >= 15 is 0 Å². The lowest BCUT2D eigenvalue weighted by molar-refractivity contribution is 0.182. The molecule has 0 aliphatic carbocycles. The zero-order valence-electron chi connectivity index (χ0n) is 13.7. The molecule has 0 aromatic carbocycles. The Labute approximate surface area is 155 Å². The lowest BCUT2D eigenvalue weighted by Gasteiger charge is -2.31. The number of aliphatic imine (C=N–C) groups is 1. The van der Waals surface area contributed by atoms with Crippen molar-refractivity contribution in [2.24, 2.45) is 10.9 Å². The van der Waals surface area contributed by atoms with Crippen LogP contribution in [-0.4, -0.2) is 43.6 Å². The van der Waals surface area contributed by atoms with Crippen molar-refractivity contribution in [3.05, 3.63) is 22.4 Å². The number of guanidine groups is 1. The second-order valence-corrected chi connectivity index (χ2v) is 6.58. The third-order valence-electron chi connectivity index (χ3n) is 3.86. The predicted octanol–water partition coefficient (Wildman–Crippen LogP) is 3.15. The molecule has 6 heteroatoms. The van der Waals surface area contributed by atoms with E-state index in [1.807, 2.05) is 11.3 Å². The van der Waals surface area contributed by atoms with Gasteiger partial charge in [0.1, 0.15) is 0 Å². The molecule has 0 saturated carbocycles. The van der Waals surface area contributed by atoms with Crippen molar-refractivity contribution >= 4 is 41.3 Å². The van der Waals surface area contributed by atoms with Crippen molar-refractivity contribution in [3.63, 3.8) is 0 Å². The van der Waals surface area contributed by atoms with Crippen LogP contribution >= 0.6 is 35.3 Å². The van der Waals surface area contributed by atoms with E-state index in [0.717, 1.165) is 38.1 Å². The number of piperidine rings is 1. The fraction of sp³-hybridized carbons (Fsp3) is 0.688. The number of hydrogen-bond donors (Lipinski definition) is 2. The maximum absolute atomic E-state index is 4.71. The summed E-state index contributed by atoms with van der Waals surface area (Å²) in [5.74, 6) is 1.69. The summed E-state index contributed by atoms with van der Waals surface area (Å²) in [6, 6.07) is 4.38. The summed E-state index contributed by atoms with van der Waals surface area (Å²) >= 11 is 1.86. The molecule has 0 bridgehead atoms. The van der Waals surface area contributed by atoms with Gasteiger partial charge < -0.3 is 10.6 Å². The van der Waals surface area contributed by atoms with Gasteiger partial charge in [-0.3, -0.25) is 9.89 Å². The highest BCUT2D eigenvalue weighted by Crippen LogP contribution is 2.20. The van der Waals surface area contributed by atoms with E-state index in [1.165, 1.54) is 30.8 Å². The van der Waals surface area contributed by atoms with Gasteiger partial charge in [-0.2, -0.15) is 0 Å². The lowest BCUT2D eigenvalue weighted by Crippen LogP contribution is -2.38. The maximum atomic E-state index is 4.71. The van der Waals surface area contributed by atoms with Crippen LogP contribution in [0.4, 0.5) is 0 Å². The average Bonchev–Trinajstić information content (AvgIpc) is 3.00. The van der Waals surface area contributed by atoms with Crippen LogP contribution in [0.25, 0.3) is 0 Å². The molecule has 2 rings (SSSR count). The third kappa shape index (κ3) is 6.83.